The molecule has 0 atom stereocenters. The van der Waals surface area contributed by atoms with Crippen LogP contribution in [0.4, 0.5) is 0 Å². The lowest BCUT2D eigenvalue weighted by atomic mass is 9.83. The lowest BCUT2D eigenvalue weighted by Crippen LogP contribution is -2.12. The van der Waals surface area contributed by atoms with E-state index in [0.29, 0.717) is 5.75 Å². The van der Waals surface area contributed by atoms with Gasteiger partial charge in [-0.1, -0.05) is 57.2 Å². The summed E-state index contributed by atoms with van der Waals surface area (Å²) in [4.78, 5) is 2.33. The topological polar surface area (TPSA) is 23.2 Å². The van der Waals surface area contributed by atoms with Crippen molar-refractivity contribution in [3.8, 4) is 16.9 Å². The number of benzene rings is 2. The highest BCUT2D eigenvalue weighted by Crippen LogP contribution is 2.38. The Kier molecular flexibility index (Phi) is 3.50. The Morgan fingerprint density at radius 2 is 1.71 bits per heavy atom. The van der Waals surface area contributed by atoms with Crippen LogP contribution in [0.3, 0.4) is 0 Å². The fraction of sp³-hybridized carbons (Fsp3) is 0.368. The molecule has 2 aromatic carbocycles. The summed E-state index contributed by atoms with van der Waals surface area (Å²) >= 11 is 0. The first-order valence-corrected chi connectivity index (χ1v) is 7.59. The molecule has 0 unspecified atom stereocenters. The van der Waals surface area contributed by atoms with Gasteiger partial charge in [0.05, 0.1) is 0 Å². The monoisotopic (exact) mass is 281 g/mol. The first kappa shape index (κ1) is 14.2. The molecule has 0 aliphatic carbocycles. The van der Waals surface area contributed by atoms with Gasteiger partial charge in [0.15, 0.2) is 0 Å². The minimum atomic E-state index is 0.0743. The predicted molar refractivity (Wildman–Crippen MR) is 87.5 cm³/mol. The van der Waals surface area contributed by atoms with Gasteiger partial charge in [-0.3, -0.25) is 4.90 Å². The average Bonchev–Trinajstić information content (AvgIpc) is 3.25. The maximum atomic E-state index is 10.7. The average molecular weight is 281 g/mol. The molecule has 0 aromatic heterocycles. The maximum absolute atomic E-state index is 10.7. The Labute approximate surface area is 127 Å². The summed E-state index contributed by atoms with van der Waals surface area (Å²) in [7, 11) is 0. The molecule has 2 aromatic rings. The third-order valence-corrected chi connectivity index (χ3v) is 4.07. The van der Waals surface area contributed by atoms with Gasteiger partial charge in [0, 0.05) is 30.8 Å². The lowest BCUT2D eigenvalue weighted by Gasteiger charge is -2.23. The second-order valence-corrected chi connectivity index (χ2v) is 6.92. The number of phenols is 1. The van der Waals surface area contributed by atoms with Gasteiger partial charge in [-0.2, -0.15) is 0 Å². The van der Waals surface area contributed by atoms with Crippen LogP contribution in [0.2, 0.25) is 0 Å². The molecule has 1 N–H and O–H groups in total. The van der Waals surface area contributed by atoms with Gasteiger partial charge < -0.3 is 5.11 Å². The lowest BCUT2D eigenvalue weighted by molar-refractivity contribution is 0.453. The van der Waals surface area contributed by atoms with Crippen molar-refractivity contribution >= 4 is 0 Å². The van der Waals surface area contributed by atoms with Gasteiger partial charge in [-0.05, 0) is 22.6 Å². The van der Waals surface area contributed by atoms with Crippen LogP contribution in [0.1, 0.15) is 31.9 Å². The molecule has 1 heterocycles. The van der Waals surface area contributed by atoms with Crippen LogP contribution in [0.15, 0.2) is 42.5 Å². The van der Waals surface area contributed by atoms with Gasteiger partial charge >= 0.3 is 0 Å². The van der Waals surface area contributed by atoms with E-state index in [1.165, 1.54) is 5.56 Å². The summed E-state index contributed by atoms with van der Waals surface area (Å²) in [6, 6.07) is 14.5. The molecular formula is C19H23NO. The molecule has 3 rings (SSSR count). The Balaban J connectivity index is 2.12. The zero-order valence-electron chi connectivity index (χ0n) is 13.1. The second-order valence-electron chi connectivity index (χ2n) is 6.92. The van der Waals surface area contributed by atoms with Crippen LogP contribution in [-0.2, 0) is 12.0 Å². The molecule has 2 nitrogen and oxygen atoms in total. The van der Waals surface area contributed by atoms with E-state index < -0.39 is 0 Å². The van der Waals surface area contributed by atoms with Crippen molar-refractivity contribution in [3.05, 3.63) is 53.6 Å². The second kappa shape index (κ2) is 5.19. The Hall–Kier alpha value is -1.80. The van der Waals surface area contributed by atoms with E-state index in [-0.39, 0.29) is 5.41 Å². The van der Waals surface area contributed by atoms with E-state index in [0.717, 1.165) is 36.3 Å². The fourth-order valence-corrected chi connectivity index (χ4v) is 2.56. The largest absolute Gasteiger partial charge is 0.507 e. The minimum Gasteiger partial charge on any atom is -0.507 e. The van der Waals surface area contributed by atoms with Crippen molar-refractivity contribution in [1.29, 1.82) is 0 Å². The van der Waals surface area contributed by atoms with E-state index in [4.69, 9.17) is 0 Å². The van der Waals surface area contributed by atoms with E-state index in [9.17, 15) is 5.11 Å². The number of rotatable bonds is 3. The predicted octanol–water partition coefficient (Wildman–Crippen LogP) is 4.17. The van der Waals surface area contributed by atoms with Crippen LogP contribution in [0, 0.1) is 0 Å². The normalized spacial score (nSPS) is 15.2. The molecule has 1 fully saturated rings. The van der Waals surface area contributed by atoms with Gasteiger partial charge in [-0.25, -0.2) is 0 Å². The Morgan fingerprint density at radius 1 is 1.05 bits per heavy atom. The molecule has 0 saturated carbocycles. The fourth-order valence-electron chi connectivity index (χ4n) is 2.56. The molecule has 21 heavy (non-hydrogen) atoms. The van der Waals surface area contributed by atoms with E-state index >= 15 is 0 Å². The SMILES string of the molecule is CC(C)(C)c1cc(CN2CC2)c(O)c(-c2ccccc2)c1. The first-order chi connectivity index (χ1) is 9.95. The van der Waals surface area contributed by atoms with Crippen molar-refractivity contribution in [1.82, 2.24) is 4.90 Å². The summed E-state index contributed by atoms with van der Waals surface area (Å²) in [5.41, 5.74) is 4.41. The maximum Gasteiger partial charge on any atom is 0.127 e. The van der Waals surface area contributed by atoms with Gasteiger partial charge in [0.25, 0.3) is 0 Å². The summed E-state index contributed by atoms with van der Waals surface area (Å²) in [6.45, 7) is 9.77. The smallest absolute Gasteiger partial charge is 0.127 e. The summed E-state index contributed by atoms with van der Waals surface area (Å²) in [5.74, 6) is 0.432. The summed E-state index contributed by atoms with van der Waals surface area (Å²) in [5, 5.41) is 10.7. The highest BCUT2D eigenvalue weighted by molar-refractivity contribution is 5.73. The first-order valence-electron chi connectivity index (χ1n) is 7.59. The van der Waals surface area contributed by atoms with Gasteiger partial charge in [0.2, 0.25) is 0 Å². The molecular weight excluding hydrogens is 258 g/mol. The van der Waals surface area contributed by atoms with Crippen LogP contribution in [-0.4, -0.2) is 23.1 Å². The van der Waals surface area contributed by atoms with Crippen LogP contribution in [0.25, 0.3) is 11.1 Å². The van der Waals surface area contributed by atoms with Crippen LogP contribution < -0.4 is 0 Å². The van der Waals surface area contributed by atoms with Crippen LogP contribution in [0.5, 0.6) is 5.75 Å². The van der Waals surface area contributed by atoms with Crippen molar-refractivity contribution in [2.75, 3.05) is 13.1 Å². The number of hydrogen-bond acceptors (Lipinski definition) is 2. The molecule has 1 aliphatic heterocycles. The highest BCUT2D eigenvalue weighted by atomic mass is 16.3. The molecule has 0 spiro atoms. The molecule has 0 amide bonds. The summed E-state index contributed by atoms with van der Waals surface area (Å²) < 4.78 is 0. The summed E-state index contributed by atoms with van der Waals surface area (Å²) in [6.07, 6.45) is 0. The quantitative estimate of drug-likeness (QED) is 0.853. The molecule has 1 saturated heterocycles. The standard InChI is InChI=1S/C19H23NO/c1-19(2,3)16-11-15(13-20-9-10-20)18(21)17(12-16)14-7-5-4-6-8-14/h4-8,11-12,21H,9-10,13H2,1-3H3. The minimum absolute atomic E-state index is 0.0743. The van der Waals surface area contributed by atoms with E-state index in [1.54, 1.807) is 0 Å². The van der Waals surface area contributed by atoms with Crippen molar-refractivity contribution in [2.45, 2.75) is 32.7 Å². The van der Waals surface area contributed by atoms with Crippen molar-refractivity contribution in [2.24, 2.45) is 0 Å². The molecule has 2 heteroatoms. The number of aromatic hydroxyl groups is 1. The molecule has 110 valence electrons. The third-order valence-electron chi connectivity index (χ3n) is 4.07. The van der Waals surface area contributed by atoms with E-state index in [2.05, 4.69) is 49.9 Å². The highest BCUT2D eigenvalue weighted by Gasteiger charge is 2.23. The van der Waals surface area contributed by atoms with E-state index in [1.807, 2.05) is 18.2 Å². The third kappa shape index (κ3) is 3.11. The zero-order valence-corrected chi connectivity index (χ0v) is 13.1. The zero-order chi connectivity index (χ0) is 15.0. The number of nitrogens with zero attached hydrogens (tertiary/aromatic N) is 1. The van der Waals surface area contributed by atoms with Crippen molar-refractivity contribution < 1.29 is 5.11 Å². The molecule has 0 radical (unpaired) electrons. The Morgan fingerprint density at radius 3 is 2.29 bits per heavy atom. The number of phenolic OH excluding ortho intramolecular Hbond substituents is 1. The number of hydrogen-bond donors (Lipinski definition) is 1. The van der Waals surface area contributed by atoms with Gasteiger partial charge in [0.1, 0.15) is 5.75 Å². The van der Waals surface area contributed by atoms with Gasteiger partial charge in [-0.15, -0.1) is 0 Å². The molecule has 1 aliphatic rings. The Bertz CT molecular complexity index is 637. The van der Waals surface area contributed by atoms with Crippen molar-refractivity contribution in [3.63, 3.8) is 0 Å². The molecule has 0 bridgehead atoms. The van der Waals surface area contributed by atoms with Crippen LogP contribution >= 0.6 is 0 Å².